The van der Waals surface area contributed by atoms with Crippen LogP contribution in [0, 0.1) is 20.8 Å². The van der Waals surface area contributed by atoms with Crippen LogP contribution in [0.15, 0.2) is 47.6 Å². The summed E-state index contributed by atoms with van der Waals surface area (Å²) in [6, 6.07) is 2.08. The topological polar surface area (TPSA) is 35.5 Å². The van der Waals surface area contributed by atoms with E-state index in [1.165, 1.54) is 28.3 Å². The van der Waals surface area contributed by atoms with E-state index in [1.807, 2.05) is 25.2 Å². The van der Waals surface area contributed by atoms with Gasteiger partial charge in [-0.3, -0.25) is 0 Å². The minimum Gasteiger partial charge on any atom is -0.496 e. The van der Waals surface area contributed by atoms with E-state index in [0.29, 0.717) is 6.61 Å². The number of carbonyl (C=O) groups is 1. The van der Waals surface area contributed by atoms with E-state index in [4.69, 9.17) is 9.47 Å². The molecule has 0 amide bonds. The van der Waals surface area contributed by atoms with Crippen LogP contribution in [0.4, 0.5) is 0 Å². The lowest BCUT2D eigenvalue weighted by molar-refractivity contribution is -0.137. The van der Waals surface area contributed by atoms with Gasteiger partial charge in [-0.1, -0.05) is 49.3 Å². The highest BCUT2D eigenvalue weighted by Crippen LogP contribution is 2.28. The van der Waals surface area contributed by atoms with E-state index in [9.17, 15) is 4.79 Å². The second kappa shape index (κ2) is 12.0. The third kappa shape index (κ3) is 7.59. The summed E-state index contributed by atoms with van der Waals surface area (Å²) < 4.78 is 10.6. The molecule has 0 N–H and O–H groups in total. The first-order valence-corrected chi connectivity index (χ1v) is 9.83. The molecule has 0 bridgehead atoms. The predicted molar refractivity (Wildman–Crippen MR) is 119 cm³/mol. The minimum absolute atomic E-state index is 0.281. The van der Waals surface area contributed by atoms with Gasteiger partial charge in [0, 0.05) is 6.08 Å². The first kappa shape index (κ1) is 23.5. The summed E-state index contributed by atoms with van der Waals surface area (Å²) in [5, 5.41) is 0. The smallest absolute Gasteiger partial charge is 0.331 e. The molecule has 0 unspecified atom stereocenters. The molecule has 0 atom stereocenters. The number of allylic oxidation sites excluding steroid dienone is 6. The van der Waals surface area contributed by atoms with E-state index in [1.54, 1.807) is 7.11 Å². The van der Waals surface area contributed by atoms with E-state index >= 15 is 0 Å². The lowest BCUT2D eigenvalue weighted by Gasteiger charge is -2.13. The third-order valence-corrected chi connectivity index (χ3v) is 4.65. The van der Waals surface area contributed by atoms with Crippen molar-refractivity contribution in [3.63, 3.8) is 0 Å². The zero-order chi connectivity index (χ0) is 21.1. The highest BCUT2D eigenvalue weighted by atomic mass is 16.5. The van der Waals surface area contributed by atoms with Crippen molar-refractivity contribution in [2.24, 2.45) is 0 Å². The van der Waals surface area contributed by atoms with Crippen LogP contribution >= 0.6 is 0 Å². The summed E-state index contributed by atoms with van der Waals surface area (Å²) in [5.74, 6) is 0.648. The molecule has 0 fully saturated rings. The monoisotopic (exact) mass is 382 g/mol. The molecule has 0 saturated carbocycles. The molecule has 0 aliphatic rings. The molecule has 1 aromatic rings. The standard InChI is InChI=1S/C25H34O3/c1-8-9-15-28-25(26)16-19(3)12-10-11-18(2)13-14-23-20(4)17-24(27-7)22(6)21(23)5/h10-14,16-17H,8-9,15H2,1-7H3/b12-10+,14-13+,18-11+,19-16+. The molecule has 0 aliphatic carbocycles. The third-order valence-electron chi connectivity index (χ3n) is 4.65. The molecular weight excluding hydrogens is 348 g/mol. The van der Waals surface area contributed by atoms with Crippen molar-refractivity contribution in [2.75, 3.05) is 13.7 Å². The van der Waals surface area contributed by atoms with Crippen LogP contribution in [0.2, 0.25) is 0 Å². The summed E-state index contributed by atoms with van der Waals surface area (Å²) in [6.07, 6.45) is 13.6. The Morgan fingerprint density at radius 1 is 1.07 bits per heavy atom. The van der Waals surface area contributed by atoms with Crippen molar-refractivity contribution >= 4 is 12.0 Å². The molecule has 3 nitrogen and oxygen atoms in total. The Balaban J connectivity index is 2.79. The van der Waals surface area contributed by atoms with Gasteiger partial charge in [-0.2, -0.15) is 0 Å². The fourth-order valence-electron chi connectivity index (χ4n) is 2.75. The summed E-state index contributed by atoms with van der Waals surface area (Å²) >= 11 is 0. The fraction of sp³-hybridized carbons (Fsp3) is 0.400. The summed E-state index contributed by atoms with van der Waals surface area (Å²) in [7, 11) is 1.71. The predicted octanol–water partition coefficient (Wildman–Crippen LogP) is 6.43. The van der Waals surface area contributed by atoms with Crippen molar-refractivity contribution in [1.29, 1.82) is 0 Å². The Kier molecular flexibility index (Phi) is 10.1. The van der Waals surface area contributed by atoms with Crippen LogP contribution in [0.3, 0.4) is 0 Å². The van der Waals surface area contributed by atoms with Crippen LogP contribution in [0.5, 0.6) is 5.75 Å². The number of carbonyl (C=O) groups excluding carboxylic acids is 1. The number of unbranched alkanes of at least 4 members (excludes halogenated alkanes) is 1. The van der Waals surface area contributed by atoms with E-state index in [0.717, 1.165) is 29.7 Å². The first-order chi connectivity index (χ1) is 13.3. The first-order valence-electron chi connectivity index (χ1n) is 9.83. The zero-order valence-corrected chi connectivity index (χ0v) is 18.4. The van der Waals surface area contributed by atoms with Gasteiger partial charge >= 0.3 is 5.97 Å². The van der Waals surface area contributed by atoms with Crippen LogP contribution in [0.25, 0.3) is 6.08 Å². The maximum Gasteiger partial charge on any atom is 0.331 e. The number of ether oxygens (including phenoxy) is 2. The van der Waals surface area contributed by atoms with Gasteiger partial charge < -0.3 is 9.47 Å². The van der Waals surface area contributed by atoms with E-state index in [2.05, 4.69) is 52.8 Å². The van der Waals surface area contributed by atoms with Crippen LogP contribution in [-0.2, 0) is 9.53 Å². The highest BCUT2D eigenvalue weighted by Gasteiger charge is 2.08. The number of aryl methyl sites for hydroxylation is 1. The average molecular weight is 383 g/mol. The number of hydrogen-bond donors (Lipinski definition) is 0. The molecule has 0 aliphatic heterocycles. The van der Waals surface area contributed by atoms with Gasteiger partial charge in [0.25, 0.3) is 0 Å². The van der Waals surface area contributed by atoms with Gasteiger partial charge in [0.05, 0.1) is 13.7 Å². The van der Waals surface area contributed by atoms with Crippen molar-refractivity contribution in [3.8, 4) is 5.75 Å². The Bertz CT molecular complexity index is 793. The van der Waals surface area contributed by atoms with Gasteiger partial charge in [-0.05, 0) is 74.9 Å². The van der Waals surface area contributed by atoms with Gasteiger partial charge in [0.2, 0.25) is 0 Å². The zero-order valence-electron chi connectivity index (χ0n) is 18.4. The molecular formula is C25H34O3. The summed E-state index contributed by atoms with van der Waals surface area (Å²) in [5.41, 5.74) is 6.81. The largest absolute Gasteiger partial charge is 0.496 e. The number of rotatable bonds is 9. The second-order valence-corrected chi connectivity index (χ2v) is 7.07. The molecule has 0 spiro atoms. The maximum atomic E-state index is 11.7. The van der Waals surface area contributed by atoms with Gasteiger partial charge in [0.15, 0.2) is 0 Å². The lowest BCUT2D eigenvalue weighted by atomic mass is 9.96. The van der Waals surface area contributed by atoms with Gasteiger partial charge in [-0.25, -0.2) is 4.79 Å². The fourth-order valence-corrected chi connectivity index (χ4v) is 2.75. The normalized spacial score (nSPS) is 12.8. The van der Waals surface area contributed by atoms with Gasteiger partial charge in [-0.15, -0.1) is 0 Å². The Hall–Kier alpha value is -2.55. The number of methoxy groups -OCH3 is 1. The number of esters is 1. The molecule has 0 aromatic heterocycles. The van der Waals surface area contributed by atoms with Crippen LogP contribution < -0.4 is 4.74 Å². The average Bonchev–Trinajstić information content (AvgIpc) is 2.64. The summed E-state index contributed by atoms with van der Waals surface area (Å²) in [4.78, 5) is 11.7. The van der Waals surface area contributed by atoms with Gasteiger partial charge in [0.1, 0.15) is 5.75 Å². The van der Waals surface area contributed by atoms with Crippen LogP contribution in [0.1, 0.15) is 55.9 Å². The Morgan fingerprint density at radius 2 is 1.79 bits per heavy atom. The molecule has 0 saturated heterocycles. The van der Waals surface area contributed by atoms with Crippen molar-refractivity contribution in [2.45, 2.75) is 54.4 Å². The Morgan fingerprint density at radius 3 is 2.43 bits per heavy atom. The van der Waals surface area contributed by atoms with E-state index in [-0.39, 0.29) is 5.97 Å². The molecule has 1 rings (SSSR count). The molecule has 0 radical (unpaired) electrons. The molecule has 1 aromatic carbocycles. The van der Waals surface area contributed by atoms with E-state index < -0.39 is 0 Å². The quantitative estimate of drug-likeness (QED) is 0.214. The lowest BCUT2D eigenvalue weighted by Crippen LogP contribution is -2.02. The van der Waals surface area contributed by atoms with Crippen LogP contribution in [-0.4, -0.2) is 19.7 Å². The number of benzene rings is 1. The highest BCUT2D eigenvalue weighted by molar-refractivity contribution is 5.83. The number of hydrogen-bond acceptors (Lipinski definition) is 3. The Labute approximate surface area is 170 Å². The second-order valence-electron chi connectivity index (χ2n) is 7.07. The molecule has 3 heteroatoms. The van der Waals surface area contributed by atoms with Crippen molar-refractivity contribution in [3.05, 3.63) is 69.8 Å². The van der Waals surface area contributed by atoms with Crippen molar-refractivity contribution in [1.82, 2.24) is 0 Å². The molecule has 28 heavy (non-hydrogen) atoms. The maximum absolute atomic E-state index is 11.7. The summed E-state index contributed by atoms with van der Waals surface area (Å²) in [6.45, 7) is 12.8. The van der Waals surface area contributed by atoms with Crippen molar-refractivity contribution < 1.29 is 14.3 Å². The molecule has 152 valence electrons. The molecule has 0 heterocycles. The SMILES string of the molecule is CCCCOC(=O)/C=C(C)/C=C/C=C(C)/C=C/c1c(C)cc(OC)c(C)c1C. The minimum atomic E-state index is -0.281.